The van der Waals surface area contributed by atoms with Gasteiger partial charge < -0.3 is 19.5 Å². The number of hydrogen-bond acceptors (Lipinski definition) is 5. The number of methoxy groups -OCH3 is 1. The van der Waals surface area contributed by atoms with Gasteiger partial charge in [-0.2, -0.15) is 0 Å². The van der Waals surface area contributed by atoms with E-state index in [1.165, 1.54) is 11.1 Å². The van der Waals surface area contributed by atoms with Gasteiger partial charge in [0.2, 0.25) is 0 Å². The summed E-state index contributed by atoms with van der Waals surface area (Å²) < 4.78 is 18.6. The molecule has 5 nitrogen and oxygen atoms in total. The number of rotatable bonds is 3. The Labute approximate surface area is 148 Å². The molecule has 5 rings (SSSR count). The van der Waals surface area contributed by atoms with E-state index in [9.17, 15) is 4.79 Å². The van der Waals surface area contributed by atoms with Crippen molar-refractivity contribution in [2.24, 2.45) is 0 Å². The molecular formula is C20H25NO4. The molecule has 1 unspecified atom stereocenters. The van der Waals surface area contributed by atoms with Crippen molar-refractivity contribution in [2.75, 3.05) is 20.3 Å². The number of carbonyl (C=O) groups excluding carboxylic acids is 1. The van der Waals surface area contributed by atoms with E-state index in [0.29, 0.717) is 13.0 Å². The highest BCUT2D eigenvalue weighted by atomic mass is 16.5. The van der Waals surface area contributed by atoms with E-state index < -0.39 is 16.6 Å². The van der Waals surface area contributed by atoms with Gasteiger partial charge in [0.05, 0.1) is 18.1 Å². The van der Waals surface area contributed by atoms with Crippen LogP contribution in [-0.2, 0) is 21.4 Å². The Bertz CT molecular complexity index is 777. The third kappa shape index (κ3) is 1.48. The minimum absolute atomic E-state index is 0.189. The zero-order valence-electron chi connectivity index (χ0n) is 15.1. The normalized spacial score (nSPS) is 40.4. The van der Waals surface area contributed by atoms with E-state index in [-0.39, 0.29) is 11.8 Å². The van der Waals surface area contributed by atoms with Crippen LogP contribution in [0.3, 0.4) is 0 Å². The van der Waals surface area contributed by atoms with Crippen LogP contribution in [0, 0.1) is 0 Å². The molecule has 0 amide bonds. The van der Waals surface area contributed by atoms with Crippen molar-refractivity contribution in [3.05, 3.63) is 23.3 Å². The third-order valence-electron chi connectivity index (χ3n) is 7.23. The second-order valence-corrected chi connectivity index (χ2v) is 7.88. The van der Waals surface area contributed by atoms with Crippen LogP contribution in [0.25, 0.3) is 0 Å². The lowest BCUT2D eigenvalue weighted by Gasteiger charge is -2.64. The molecule has 1 aromatic rings. The molecule has 1 aromatic carbocycles. The fraction of sp³-hybridized carbons (Fsp3) is 0.650. The molecule has 0 aromatic heterocycles. The summed E-state index contributed by atoms with van der Waals surface area (Å²) in [5, 5.41) is 3.69. The molecular weight excluding hydrogens is 318 g/mol. The first-order valence-electron chi connectivity index (χ1n) is 9.34. The number of Topliss-reactive ketones (excluding diaryl/α,β-unsaturated/α-hetero) is 1. The summed E-state index contributed by atoms with van der Waals surface area (Å²) in [5.41, 5.74) is 0.731. The van der Waals surface area contributed by atoms with Crippen LogP contribution in [0.1, 0.15) is 44.2 Å². The van der Waals surface area contributed by atoms with E-state index in [1.807, 2.05) is 19.9 Å². The summed E-state index contributed by atoms with van der Waals surface area (Å²) in [6.07, 6.45) is 3.01. The van der Waals surface area contributed by atoms with Crippen molar-refractivity contribution in [1.29, 1.82) is 0 Å². The summed E-state index contributed by atoms with van der Waals surface area (Å²) in [6.45, 7) is 5.55. The smallest absolute Gasteiger partial charge is 0.177 e. The Hall–Kier alpha value is -1.59. The SMILES string of the molecule is CCOC12CCC(=O)[C@]3(C)Oc4c(OC)ccc5c4[C@]13CCN[C@@H]2C5. The average molecular weight is 343 g/mol. The predicted octanol–water partition coefficient (Wildman–Crippen LogP) is 2.14. The van der Waals surface area contributed by atoms with Gasteiger partial charge in [-0.3, -0.25) is 4.79 Å². The van der Waals surface area contributed by atoms with E-state index in [2.05, 4.69) is 11.4 Å². The first-order valence-corrected chi connectivity index (χ1v) is 9.34. The van der Waals surface area contributed by atoms with Crippen molar-refractivity contribution >= 4 is 5.78 Å². The van der Waals surface area contributed by atoms with Gasteiger partial charge in [-0.05, 0) is 51.3 Å². The van der Waals surface area contributed by atoms with Crippen LogP contribution in [0.15, 0.2) is 12.1 Å². The number of carbonyl (C=O) groups is 1. The van der Waals surface area contributed by atoms with Gasteiger partial charge in [-0.1, -0.05) is 6.07 Å². The Morgan fingerprint density at radius 1 is 1.36 bits per heavy atom. The second-order valence-electron chi connectivity index (χ2n) is 7.88. The highest BCUT2D eigenvalue weighted by Gasteiger charge is 2.77. The minimum Gasteiger partial charge on any atom is -0.493 e. The molecule has 1 N–H and O–H groups in total. The van der Waals surface area contributed by atoms with Gasteiger partial charge in [0, 0.05) is 24.6 Å². The molecule has 0 radical (unpaired) electrons. The van der Waals surface area contributed by atoms with Crippen molar-refractivity contribution < 1.29 is 19.0 Å². The van der Waals surface area contributed by atoms with Gasteiger partial charge >= 0.3 is 0 Å². The molecule has 1 saturated carbocycles. The molecule has 4 aliphatic rings. The van der Waals surface area contributed by atoms with Crippen LogP contribution in [-0.4, -0.2) is 43.3 Å². The molecule has 2 bridgehead atoms. The van der Waals surface area contributed by atoms with Crippen LogP contribution in [0.5, 0.6) is 11.5 Å². The molecule has 1 saturated heterocycles. The molecule has 25 heavy (non-hydrogen) atoms. The molecule has 2 fully saturated rings. The monoisotopic (exact) mass is 343 g/mol. The predicted molar refractivity (Wildman–Crippen MR) is 92.4 cm³/mol. The largest absolute Gasteiger partial charge is 0.493 e. The van der Waals surface area contributed by atoms with Gasteiger partial charge in [0.15, 0.2) is 22.9 Å². The van der Waals surface area contributed by atoms with E-state index in [1.54, 1.807) is 7.11 Å². The van der Waals surface area contributed by atoms with Crippen LogP contribution in [0.2, 0.25) is 0 Å². The number of piperidine rings is 1. The maximum atomic E-state index is 13.1. The molecule has 1 spiro atoms. The quantitative estimate of drug-likeness (QED) is 0.911. The fourth-order valence-electron chi connectivity index (χ4n) is 6.35. The van der Waals surface area contributed by atoms with E-state index >= 15 is 0 Å². The molecule has 134 valence electrons. The van der Waals surface area contributed by atoms with Gasteiger partial charge in [-0.15, -0.1) is 0 Å². The maximum Gasteiger partial charge on any atom is 0.177 e. The van der Waals surface area contributed by atoms with Crippen LogP contribution < -0.4 is 14.8 Å². The van der Waals surface area contributed by atoms with Crippen molar-refractivity contribution in [2.45, 2.75) is 62.2 Å². The first kappa shape index (κ1) is 15.6. The summed E-state index contributed by atoms with van der Waals surface area (Å²) in [7, 11) is 1.66. The number of hydrogen-bond donors (Lipinski definition) is 1. The highest BCUT2D eigenvalue weighted by molar-refractivity contribution is 5.94. The summed E-state index contributed by atoms with van der Waals surface area (Å²) in [6, 6.07) is 4.33. The van der Waals surface area contributed by atoms with Crippen molar-refractivity contribution in [3.8, 4) is 11.5 Å². The molecule has 5 heteroatoms. The third-order valence-corrected chi connectivity index (χ3v) is 7.23. The number of ketones is 1. The highest BCUT2D eigenvalue weighted by Crippen LogP contribution is 2.68. The van der Waals surface area contributed by atoms with Crippen molar-refractivity contribution in [1.82, 2.24) is 5.32 Å². The fourth-order valence-corrected chi connectivity index (χ4v) is 6.35. The summed E-state index contributed by atoms with van der Waals surface area (Å²) in [4.78, 5) is 13.1. The van der Waals surface area contributed by atoms with E-state index in [0.717, 1.165) is 37.3 Å². The lowest BCUT2D eigenvalue weighted by atomic mass is 9.45. The summed E-state index contributed by atoms with van der Waals surface area (Å²) >= 11 is 0. The van der Waals surface area contributed by atoms with Gasteiger partial charge in [-0.25, -0.2) is 0 Å². The summed E-state index contributed by atoms with van der Waals surface area (Å²) in [5.74, 6) is 1.68. The Morgan fingerprint density at radius 2 is 2.20 bits per heavy atom. The van der Waals surface area contributed by atoms with E-state index in [4.69, 9.17) is 14.2 Å². The lowest BCUT2D eigenvalue weighted by molar-refractivity contribution is -0.207. The molecule has 2 aliphatic heterocycles. The minimum atomic E-state index is -0.882. The van der Waals surface area contributed by atoms with Crippen LogP contribution in [0.4, 0.5) is 0 Å². The van der Waals surface area contributed by atoms with Gasteiger partial charge in [0.25, 0.3) is 0 Å². The number of nitrogens with one attached hydrogen (secondary N) is 1. The zero-order chi connectivity index (χ0) is 17.4. The Morgan fingerprint density at radius 3 is 2.96 bits per heavy atom. The zero-order valence-corrected chi connectivity index (χ0v) is 15.1. The Balaban J connectivity index is 1.89. The topological polar surface area (TPSA) is 56.8 Å². The first-order chi connectivity index (χ1) is 12.0. The number of ether oxygens (including phenoxy) is 3. The standard InChI is InChI=1S/C20H25NO4/c1-4-24-20-8-7-15(22)18(2)19(20)9-10-21-14(20)11-12-5-6-13(23-3)17(25-18)16(12)19/h5-6,14,21H,4,7-11H2,1-3H3/t14-,18+,19+,20?/m1/s1. The molecule has 2 aliphatic carbocycles. The van der Waals surface area contributed by atoms with Crippen LogP contribution >= 0.6 is 0 Å². The Kier molecular flexibility index (Phi) is 2.99. The lowest BCUT2D eigenvalue weighted by Crippen LogP contribution is -2.80. The van der Waals surface area contributed by atoms with Gasteiger partial charge in [0.1, 0.15) is 0 Å². The maximum absolute atomic E-state index is 13.1. The number of benzene rings is 1. The van der Waals surface area contributed by atoms with Crippen molar-refractivity contribution in [3.63, 3.8) is 0 Å². The molecule has 4 atom stereocenters. The average Bonchev–Trinajstić information content (AvgIpc) is 2.87. The molecule has 2 heterocycles. The second kappa shape index (κ2) is 4.77.